The van der Waals surface area contributed by atoms with E-state index in [4.69, 9.17) is 0 Å². The first kappa shape index (κ1) is 31.5. The van der Waals surface area contributed by atoms with Crippen molar-refractivity contribution in [3.05, 3.63) is 107 Å². The number of nitrogens with zero attached hydrogens (tertiary/aromatic N) is 2. The van der Waals surface area contributed by atoms with Crippen LogP contribution in [-0.4, -0.2) is 63.5 Å². The number of H-pyrrole nitrogens is 1. The van der Waals surface area contributed by atoms with Gasteiger partial charge in [0.15, 0.2) is 0 Å². The minimum Gasteiger partial charge on any atom is -0.383 e. The van der Waals surface area contributed by atoms with Crippen molar-refractivity contribution in [2.45, 2.75) is 38.6 Å². The maximum atomic E-state index is 13.4. The average Bonchev–Trinajstić information content (AvgIpc) is 3.60. The van der Waals surface area contributed by atoms with Crippen molar-refractivity contribution in [1.29, 1.82) is 0 Å². The SMILES string of the molecule is Cc1ccc(-c2[nH]c3ncccc3c2CCC(=O)NCCNc2cccc3c2C(=O)N(C2CCC(=O)NC2=O)C3=O)c(-c2ccccc2)c1. The third kappa shape index (κ3) is 6.06. The number of hydrogen-bond donors (Lipinski definition) is 4. The van der Waals surface area contributed by atoms with Crippen molar-refractivity contribution in [3.63, 3.8) is 0 Å². The van der Waals surface area contributed by atoms with Gasteiger partial charge in [-0.1, -0.05) is 60.2 Å². The Morgan fingerprint density at radius 3 is 2.55 bits per heavy atom. The van der Waals surface area contributed by atoms with E-state index in [1.54, 1.807) is 24.4 Å². The summed E-state index contributed by atoms with van der Waals surface area (Å²) >= 11 is 0. The molecule has 1 atom stereocenters. The summed E-state index contributed by atoms with van der Waals surface area (Å²) in [5.41, 5.74) is 7.89. The van der Waals surface area contributed by atoms with Crippen molar-refractivity contribution in [2.24, 2.45) is 0 Å². The molecule has 0 radical (unpaired) electrons. The van der Waals surface area contributed by atoms with Gasteiger partial charge in [0.25, 0.3) is 11.8 Å². The van der Waals surface area contributed by atoms with Gasteiger partial charge in [-0.15, -0.1) is 0 Å². The Morgan fingerprint density at radius 1 is 0.898 bits per heavy atom. The molecule has 4 N–H and O–H groups in total. The van der Waals surface area contributed by atoms with Crippen LogP contribution in [0.25, 0.3) is 33.4 Å². The number of amides is 5. The molecular formula is C38H34N6O5. The second-order valence-corrected chi connectivity index (χ2v) is 12.2. The number of carbonyl (C=O) groups excluding carboxylic acids is 5. The second-order valence-electron chi connectivity index (χ2n) is 12.2. The number of nitrogens with one attached hydrogen (secondary N) is 4. The standard InChI is InChI=1S/C38H34N6O5/c1-22-12-13-25(28(21-22)23-7-3-2-4-8-23)34-24(26-10-6-18-41-35(26)43-34)14-16-31(45)40-20-19-39-29-11-5-9-27-33(29)38(49)44(37(27)48)30-15-17-32(46)42-36(30)47/h2-13,18,21,30,39H,14-17,19-20H2,1H3,(H,40,45)(H,41,43)(H,42,46,47). The number of hydrogen-bond acceptors (Lipinski definition) is 7. The second kappa shape index (κ2) is 13.2. The lowest BCUT2D eigenvalue weighted by molar-refractivity contribution is -0.136. The molecule has 0 aliphatic carbocycles. The van der Waals surface area contributed by atoms with Crippen LogP contribution in [0, 0.1) is 6.92 Å². The molecule has 4 heterocycles. The molecular weight excluding hydrogens is 620 g/mol. The van der Waals surface area contributed by atoms with Crippen molar-refractivity contribution >= 4 is 46.3 Å². The van der Waals surface area contributed by atoms with E-state index in [1.807, 2.05) is 30.3 Å². The summed E-state index contributed by atoms with van der Waals surface area (Å²) in [7, 11) is 0. The number of anilines is 1. The molecule has 2 aromatic heterocycles. The molecule has 5 amide bonds. The Hall–Kier alpha value is -6.10. The molecule has 0 saturated carbocycles. The van der Waals surface area contributed by atoms with Crippen LogP contribution in [0.15, 0.2) is 85.1 Å². The number of rotatable bonds is 10. The van der Waals surface area contributed by atoms with Gasteiger partial charge in [0.05, 0.1) is 16.8 Å². The first-order valence-electron chi connectivity index (χ1n) is 16.3. The summed E-state index contributed by atoms with van der Waals surface area (Å²) in [5.74, 6) is -2.37. The van der Waals surface area contributed by atoms with Gasteiger partial charge in [-0.2, -0.15) is 0 Å². The number of fused-ring (bicyclic) bond motifs is 2. The Kier molecular flexibility index (Phi) is 8.48. The van der Waals surface area contributed by atoms with Gasteiger partial charge in [0, 0.05) is 48.8 Å². The fourth-order valence-corrected chi connectivity index (χ4v) is 6.69. The normalized spacial score (nSPS) is 15.8. The highest BCUT2D eigenvalue weighted by atomic mass is 16.2. The van der Waals surface area contributed by atoms with E-state index in [1.165, 1.54) is 0 Å². The highest BCUT2D eigenvalue weighted by molar-refractivity contribution is 6.25. The zero-order valence-electron chi connectivity index (χ0n) is 26.8. The van der Waals surface area contributed by atoms with Gasteiger partial charge in [0.2, 0.25) is 17.7 Å². The van der Waals surface area contributed by atoms with Gasteiger partial charge in [-0.25, -0.2) is 4.98 Å². The van der Waals surface area contributed by atoms with Crippen LogP contribution in [0.1, 0.15) is 51.1 Å². The van der Waals surface area contributed by atoms with E-state index in [2.05, 4.69) is 63.2 Å². The van der Waals surface area contributed by atoms with Crippen LogP contribution >= 0.6 is 0 Å². The molecule has 2 aliphatic rings. The number of aryl methyl sites for hydroxylation is 2. The number of carbonyl (C=O) groups is 5. The first-order chi connectivity index (χ1) is 23.8. The molecule has 1 saturated heterocycles. The zero-order chi connectivity index (χ0) is 34.1. The maximum Gasteiger partial charge on any atom is 0.264 e. The van der Waals surface area contributed by atoms with Crippen molar-refractivity contribution in [3.8, 4) is 22.4 Å². The number of benzene rings is 3. The summed E-state index contributed by atoms with van der Waals surface area (Å²) in [5, 5.41) is 9.29. The summed E-state index contributed by atoms with van der Waals surface area (Å²) in [6.07, 6.45) is 2.61. The lowest BCUT2D eigenvalue weighted by Gasteiger charge is -2.27. The lowest BCUT2D eigenvalue weighted by Crippen LogP contribution is -2.54. The third-order valence-electron chi connectivity index (χ3n) is 9.04. The lowest BCUT2D eigenvalue weighted by atomic mass is 9.93. The van der Waals surface area contributed by atoms with Crippen molar-refractivity contribution in [1.82, 2.24) is 25.5 Å². The first-order valence-corrected chi connectivity index (χ1v) is 16.3. The molecule has 0 bridgehead atoms. The fraction of sp³-hybridized carbons (Fsp3) is 0.211. The molecule has 49 heavy (non-hydrogen) atoms. The number of aromatic nitrogens is 2. The average molecular weight is 655 g/mol. The predicted molar refractivity (Wildman–Crippen MR) is 185 cm³/mol. The number of aromatic amines is 1. The summed E-state index contributed by atoms with van der Waals surface area (Å²) < 4.78 is 0. The van der Waals surface area contributed by atoms with E-state index in [-0.39, 0.29) is 42.8 Å². The molecule has 3 aromatic carbocycles. The smallest absolute Gasteiger partial charge is 0.264 e. The molecule has 1 fully saturated rings. The van der Waals surface area contributed by atoms with Crippen LogP contribution in [0.5, 0.6) is 0 Å². The number of imide groups is 2. The van der Waals surface area contributed by atoms with E-state index in [0.717, 1.165) is 49.4 Å². The summed E-state index contributed by atoms with van der Waals surface area (Å²) in [6.45, 7) is 2.65. The van der Waals surface area contributed by atoms with Crippen molar-refractivity contribution in [2.75, 3.05) is 18.4 Å². The maximum absolute atomic E-state index is 13.4. The number of pyridine rings is 1. The van der Waals surface area contributed by atoms with E-state index in [9.17, 15) is 24.0 Å². The highest BCUT2D eigenvalue weighted by Crippen LogP contribution is 2.37. The monoisotopic (exact) mass is 654 g/mol. The Labute approximate surface area is 282 Å². The van der Waals surface area contributed by atoms with Crippen LogP contribution in [0.2, 0.25) is 0 Å². The molecule has 5 aromatic rings. The van der Waals surface area contributed by atoms with E-state index in [0.29, 0.717) is 18.7 Å². The molecule has 0 spiro atoms. The van der Waals surface area contributed by atoms with Crippen LogP contribution < -0.4 is 16.0 Å². The molecule has 11 nitrogen and oxygen atoms in total. The highest BCUT2D eigenvalue weighted by Gasteiger charge is 2.45. The molecule has 7 rings (SSSR count). The Morgan fingerprint density at radius 2 is 1.73 bits per heavy atom. The minimum absolute atomic E-state index is 0.0494. The molecule has 246 valence electrons. The Balaban J connectivity index is 1.02. The summed E-state index contributed by atoms with van der Waals surface area (Å²) in [6, 6.07) is 24.3. The predicted octanol–water partition coefficient (Wildman–Crippen LogP) is 4.77. The zero-order valence-corrected chi connectivity index (χ0v) is 26.8. The van der Waals surface area contributed by atoms with Gasteiger partial charge < -0.3 is 15.6 Å². The third-order valence-corrected chi connectivity index (χ3v) is 9.04. The minimum atomic E-state index is -1.04. The van der Waals surface area contributed by atoms with Crippen LogP contribution in [0.4, 0.5) is 5.69 Å². The van der Waals surface area contributed by atoms with Crippen molar-refractivity contribution < 1.29 is 24.0 Å². The van der Waals surface area contributed by atoms with Gasteiger partial charge >= 0.3 is 0 Å². The quantitative estimate of drug-likeness (QED) is 0.125. The van der Waals surface area contributed by atoms with E-state index < -0.39 is 29.7 Å². The van der Waals surface area contributed by atoms with Crippen LogP contribution in [-0.2, 0) is 20.8 Å². The largest absolute Gasteiger partial charge is 0.383 e. The van der Waals surface area contributed by atoms with Gasteiger partial charge in [-0.3, -0.25) is 34.2 Å². The van der Waals surface area contributed by atoms with Gasteiger partial charge in [-0.05, 0) is 60.7 Å². The Bertz CT molecular complexity index is 2140. The molecule has 1 unspecified atom stereocenters. The summed E-state index contributed by atoms with van der Waals surface area (Å²) in [4.78, 5) is 72.6. The molecule has 11 heteroatoms. The fourth-order valence-electron chi connectivity index (χ4n) is 6.69. The molecule has 2 aliphatic heterocycles. The number of piperidine rings is 1. The van der Waals surface area contributed by atoms with Gasteiger partial charge in [0.1, 0.15) is 11.7 Å². The topological polar surface area (TPSA) is 153 Å². The van der Waals surface area contributed by atoms with E-state index >= 15 is 0 Å². The van der Waals surface area contributed by atoms with Crippen LogP contribution in [0.3, 0.4) is 0 Å².